The van der Waals surface area contributed by atoms with Gasteiger partial charge in [0.1, 0.15) is 11.5 Å². The summed E-state index contributed by atoms with van der Waals surface area (Å²) in [5.74, 6) is 1.63. The highest BCUT2D eigenvalue weighted by Gasteiger charge is 2.26. The number of nitrogens with zero attached hydrogens (tertiary/aromatic N) is 3. The van der Waals surface area contributed by atoms with E-state index in [0.29, 0.717) is 6.54 Å². The maximum atomic E-state index is 13.6. The van der Waals surface area contributed by atoms with E-state index in [0.717, 1.165) is 57.7 Å². The molecule has 0 atom stereocenters. The molecule has 32 heavy (non-hydrogen) atoms. The minimum atomic E-state index is 0.0267. The van der Waals surface area contributed by atoms with Gasteiger partial charge in [-0.3, -0.25) is 4.79 Å². The number of rotatable bonds is 8. The largest absolute Gasteiger partial charge is 0.497 e. The molecule has 4 aromatic rings. The molecular weight excluding hydrogens is 402 g/mol. The zero-order valence-electron chi connectivity index (χ0n) is 19.7. The molecule has 0 fully saturated rings. The van der Waals surface area contributed by atoms with E-state index in [9.17, 15) is 4.79 Å². The van der Waals surface area contributed by atoms with E-state index in [-0.39, 0.29) is 5.91 Å². The first-order valence-electron chi connectivity index (χ1n) is 10.9. The van der Waals surface area contributed by atoms with Crippen LogP contribution in [0.15, 0.2) is 42.5 Å². The Balaban J connectivity index is 1.98. The summed E-state index contributed by atoms with van der Waals surface area (Å²) >= 11 is 0. The number of likely N-dealkylation sites (N-methyl/N-ethyl adjacent to an activating group) is 2. The summed E-state index contributed by atoms with van der Waals surface area (Å²) in [6, 6.07) is 14.1. The van der Waals surface area contributed by atoms with Crippen molar-refractivity contribution >= 4 is 22.5 Å². The Bertz CT molecular complexity index is 1240. The molecule has 0 unspecified atom stereocenters. The summed E-state index contributed by atoms with van der Waals surface area (Å²) in [5.41, 5.74) is 7.10. The second-order valence-electron chi connectivity index (χ2n) is 8.41. The van der Waals surface area contributed by atoms with Crippen molar-refractivity contribution in [3.8, 4) is 22.6 Å². The molecule has 4 rings (SSSR count). The highest BCUT2D eigenvalue weighted by Crippen LogP contribution is 2.41. The zero-order valence-corrected chi connectivity index (χ0v) is 19.7. The lowest BCUT2D eigenvalue weighted by molar-refractivity contribution is 0.0788. The number of aromatic nitrogens is 1. The van der Waals surface area contributed by atoms with Crippen LogP contribution in [-0.4, -0.2) is 68.6 Å². The van der Waals surface area contributed by atoms with Gasteiger partial charge in [-0.25, -0.2) is 0 Å². The van der Waals surface area contributed by atoms with Crippen LogP contribution in [0.25, 0.3) is 27.7 Å². The second kappa shape index (κ2) is 8.71. The second-order valence-corrected chi connectivity index (χ2v) is 8.41. The van der Waals surface area contributed by atoms with Crippen LogP contribution in [0.4, 0.5) is 0 Å². The molecule has 1 amide bonds. The molecule has 0 bridgehead atoms. The minimum absolute atomic E-state index is 0.0267. The van der Waals surface area contributed by atoms with Gasteiger partial charge in [-0.1, -0.05) is 19.1 Å². The fraction of sp³-hybridized carbons (Fsp3) is 0.346. The minimum Gasteiger partial charge on any atom is -0.497 e. The highest BCUT2D eigenvalue weighted by molar-refractivity contribution is 6.10. The molecule has 0 aliphatic rings. The van der Waals surface area contributed by atoms with Crippen LogP contribution in [-0.2, 0) is 6.42 Å². The molecule has 168 valence electrons. The molecule has 3 aromatic heterocycles. The number of hydrogen-bond acceptors (Lipinski definition) is 4. The summed E-state index contributed by atoms with van der Waals surface area (Å²) in [4.78, 5) is 17.5. The summed E-state index contributed by atoms with van der Waals surface area (Å²) in [6.07, 6.45) is 0.843. The molecule has 0 saturated carbocycles. The lowest BCUT2D eigenvalue weighted by Gasteiger charge is -2.19. The fourth-order valence-electron chi connectivity index (χ4n) is 4.39. The standard InChI is InChI=1S/C26H31N3O3/c1-7-21-23-16-20(32-6)14-18-15-22(26(30)28(4)13-12-27(2)3)25(29(18)23)24(21)17-8-10-19(31-5)11-9-17/h8-11,14-16H,7,12-13H2,1-6H3. The molecular formula is C26H31N3O3. The normalized spacial score (nSPS) is 11.6. The summed E-state index contributed by atoms with van der Waals surface area (Å²) < 4.78 is 13.1. The van der Waals surface area contributed by atoms with Crippen molar-refractivity contribution in [2.45, 2.75) is 13.3 Å². The van der Waals surface area contributed by atoms with E-state index >= 15 is 0 Å². The first kappa shape index (κ1) is 22.0. The van der Waals surface area contributed by atoms with Gasteiger partial charge in [0.2, 0.25) is 0 Å². The number of aryl methyl sites for hydroxylation is 1. The van der Waals surface area contributed by atoms with E-state index in [1.165, 1.54) is 5.56 Å². The third-order valence-electron chi connectivity index (χ3n) is 6.11. The van der Waals surface area contributed by atoms with Gasteiger partial charge in [0.15, 0.2) is 0 Å². The number of pyridine rings is 1. The first-order valence-corrected chi connectivity index (χ1v) is 10.9. The Morgan fingerprint density at radius 2 is 1.62 bits per heavy atom. The van der Waals surface area contributed by atoms with Crippen molar-refractivity contribution < 1.29 is 14.3 Å². The van der Waals surface area contributed by atoms with E-state index in [2.05, 4.69) is 34.4 Å². The van der Waals surface area contributed by atoms with E-state index in [1.54, 1.807) is 19.1 Å². The quantitative estimate of drug-likeness (QED) is 0.413. The van der Waals surface area contributed by atoms with Crippen molar-refractivity contribution in [2.75, 3.05) is 48.5 Å². The fourth-order valence-corrected chi connectivity index (χ4v) is 4.39. The number of benzene rings is 1. The Morgan fingerprint density at radius 1 is 0.938 bits per heavy atom. The smallest absolute Gasteiger partial charge is 0.255 e. The molecule has 0 radical (unpaired) electrons. The molecule has 1 aromatic carbocycles. The Kier molecular flexibility index (Phi) is 5.98. The molecule has 0 N–H and O–H groups in total. The lowest BCUT2D eigenvalue weighted by atomic mass is 9.98. The average Bonchev–Trinajstić information content (AvgIpc) is 3.34. The van der Waals surface area contributed by atoms with Gasteiger partial charge in [-0.05, 0) is 49.8 Å². The monoisotopic (exact) mass is 433 g/mol. The molecule has 0 aliphatic carbocycles. The Labute approximate surface area is 189 Å². The van der Waals surface area contributed by atoms with E-state index < -0.39 is 0 Å². The SMILES string of the molecule is CCc1c(-c2ccc(OC)cc2)c2c(C(=O)N(C)CCN(C)C)cc3cc(OC)cc1n32. The van der Waals surface area contributed by atoms with Crippen LogP contribution in [0.3, 0.4) is 0 Å². The summed E-state index contributed by atoms with van der Waals surface area (Å²) in [7, 11) is 9.25. The van der Waals surface area contributed by atoms with Gasteiger partial charge in [0.25, 0.3) is 5.91 Å². The molecule has 6 heteroatoms. The maximum Gasteiger partial charge on any atom is 0.255 e. The summed E-state index contributed by atoms with van der Waals surface area (Å²) in [6.45, 7) is 3.63. The number of carbonyl (C=O) groups excluding carboxylic acids is 1. The summed E-state index contributed by atoms with van der Waals surface area (Å²) in [5, 5.41) is 0. The first-order chi connectivity index (χ1) is 15.4. The number of ether oxygens (including phenoxy) is 2. The van der Waals surface area contributed by atoms with Crippen molar-refractivity contribution in [3.05, 3.63) is 53.6 Å². The average molecular weight is 434 g/mol. The van der Waals surface area contributed by atoms with Crippen LogP contribution < -0.4 is 9.47 Å². The van der Waals surface area contributed by atoms with E-state index in [1.807, 2.05) is 45.4 Å². The van der Waals surface area contributed by atoms with Crippen LogP contribution in [0, 0.1) is 0 Å². The number of carbonyl (C=O) groups is 1. The molecule has 6 nitrogen and oxygen atoms in total. The highest BCUT2D eigenvalue weighted by atomic mass is 16.5. The van der Waals surface area contributed by atoms with Crippen LogP contribution >= 0.6 is 0 Å². The third-order valence-corrected chi connectivity index (χ3v) is 6.11. The molecule has 0 spiro atoms. The predicted octanol–water partition coefficient (Wildman–Crippen LogP) is 4.41. The van der Waals surface area contributed by atoms with Crippen LogP contribution in [0.5, 0.6) is 11.5 Å². The molecule has 0 saturated heterocycles. The maximum absolute atomic E-state index is 13.6. The molecule has 3 heterocycles. The van der Waals surface area contributed by atoms with Crippen LogP contribution in [0.1, 0.15) is 22.8 Å². The number of amides is 1. The van der Waals surface area contributed by atoms with Gasteiger partial charge in [0, 0.05) is 37.8 Å². The van der Waals surface area contributed by atoms with Crippen molar-refractivity contribution in [1.29, 1.82) is 0 Å². The van der Waals surface area contributed by atoms with E-state index in [4.69, 9.17) is 9.47 Å². The van der Waals surface area contributed by atoms with Crippen molar-refractivity contribution in [3.63, 3.8) is 0 Å². The Morgan fingerprint density at radius 3 is 2.22 bits per heavy atom. The van der Waals surface area contributed by atoms with Gasteiger partial charge >= 0.3 is 0 Å². The van der Waals surface area contributed by atoms with Crippen molar-refractivity contribution in [2.24, 2.45) is 0 Å². The topological polar surface area (TPSA) is 46.4 Å². The third kappa shape index (κ3) is 3.65. The number of hydrogen-bond donors (Lipinski definition) is 0. The van der Waals surface area contributed by atoms with Crippen LogP contribution in [0.2, 0.25) is 0 Å². The van der Waals surface area contributed by atoms with Gasteiger partial charge < -0.3 is 23.7 Å². The van der Waals surface area contributed by atoms with Gasteiger partial charge in [-0.15, -0.1) is 0 Å². The van der Waals surface area contributed by atoms with Gasteiger partial charge in [0.05, 0.1) is 36.3 Å². The molecule has 0 aliphatic heterocycles. The Hall–Kier alpha value is -3.25. The number of methoxy groups -OCH3 is 2. The lowest BCUT2D eigenvalue weighted by Crippen LogP contribution is -2.33. The zero-order chi connectivity index (χ0) is 23.0. The predicted molar refractivity (Wildman–Crippen MR) is 130 cm³/mol. The van der Waals surface area contributed by atoms with Crippen molar-refractivity contribution in [1.82, 2.24) is 14.2 Å². The van der Waals surface area contributed by atoms with Gasteiger partial charge in [-0.2, -0.15) is 0 Å².